The number of benzene rings is 1. The molecule has 0 atom stereocenters. The number of hydrogen-bond donors (Lipinski definition) is 0. The standard InChI is InChI=1S/C10H10NO/c11-10(6-7-10)9(12)8-4-2-1-3-5-8/h1-5,11H,6-7H2. The average Bonchev–Trinajstić information content (AvgIpc) is 2.85. The summed E-state index contributed by atoms with van der Waals surface area (Å²) in [6.45, 7) is 0. The number of carbonyl (C=O) groups excluding carboxylic acids is 1. The van der Waals surface area contributed by atoms with E-state index in [4.69, 9.17) is 5.73 Å². The van der Waals surface area contributed by atoms with Crippen LogP contribution < -0.4 is 5.73 Å². The van der Waals surface area contributed by atoms with E-state index in [0.29, 0.717) is 5.56 Å². The van der Waals surface area contributed by atoms with Gasteiger partial charge in [-0.15, -0.1) is 0 Å². The number of carbonyl (C=O) groups is 1. The van der Waals surface area contributed by atoms with E-state index >= 15 is 0 Å². The molecule has 0 aliphatic heterocycles. The largest absolute Gasteiger partial charge is 0.292 e. The van der Waals surface area contributed by atoms with Crippen molar-refractivity contribution >= 4 is 5.78 Å². The molecule has 0 heterocycles. The zero-order chi connectivity index (χ0) is 8.60. The molecule has 1 aliphatic rings. The summed E-state index contributed by atoms with van der Waals surface area (Å²) in [7, 11) is 0. The summed E-state index contributed by atoms with van der Waals surface area (Å²) in [5.74, 6) is -0.0249. The van der Waals surface area contributed by atoms with Gasteiger partial charge in [0, 0.05) is 5.56 Å². The van der Waals surface area contributed by atoms with Gasteiger partial charge in [-0.05, 0) is 12.8 Å². The van der Waals surface area contributed by atoms with Crippen LogP contribution in [0.3, 0.4) is 0 Å². The Hall–Kier alpha value is -1.15. The lowest BCUT2D eigenvalue weighted by Crippen LogP contribution is -2.23. The molecular weight excluding hydrogens is 150 g/mol. The van der Waals surface area contributed by atoms with Gasteiger partial charge < -0.3 is 0 Å². The molecule has 2 heteroatoms. The van der Waals surface area contributed by atoms with Gasteiger partial charge in [-0.2, -0.15) is 0 Å². The number of Topliss-reactive ketones (excluding diaryl/α,β-unsaturated/α-hetero) is 1. The molecule has 2 nitrogen and oxygen atoms in total. The summed E-state index contributed by atoms with van der Waals surface area (Å²) in [6.07, 6.45) is 1.45. The topological polar surface area (TPSA) is 40.9 Å². The minimum atomic E-state index is -0.776. The Morgan fingerprint density at radius 1 is 1.25 bits per heavy atom. The maximum absolute atomic E-state index is 11.5. The van der Waals surface area contributed by atoms with Crippen molar-refractivity contribution in [3.63, 3.8) is 0 Å². The zero-order valence-corrected chi connectivity index (χ0v) is 6.71. The molecule has 1 saturated carbocycles. The predicted molar refractivity (Wildman–Crippen MR) is 45.8 cm³/mol. The van der Waals surface area contributed by atoms with Crippen molar-refractivity contribution in [2.45, 2.75) is 18.4 Å². The van der Waals surface area contributed by atoms with Gasteiger partial charge in [0.2, 0.25) is 0 Å². The highest BCUT2D eigenvalue weighted by Gasteiger charge is 2.46. The first kappa shape index (κ1) is 7.50. The Balaban J connectivity index is 2.26. The van der Waals surface area contributed by atoms with Crippen molar-refractivity contribution in [1.82, 2.24) is 5.73 Å². The third kappa shape index (κ3) is 1.14. The molecule has 1 aromatic carbocycles. The van der Waals surface area contributed by atoms with E-state index in [2.05, 4.69) is 0 Å². The lowest BCUT2D eigenvalue weighted by Gasteiger charge is -2.04. The van der Waals surface area contributed by atoms with Gasteiger partial charge in [-0.25, -0.2) is 5.73 Å². The summed E-state index contributed by atoms with van der Waals surface area (Å²) in [5, 5.41) is 0. The van der Waals surface area contributed by atoms with Crippen LogP contribution in [0.15, 0.2) is 30.3 Å². The van der Waals surface area contributed by atoms with E-state index in [1.807, 2.05) is 18.2 Å². The molecule has 61 valence electrons. The predicted octanol–water partition coefficient (Wildman–Crippen LogP) is 1.68. The van der Waals surface area contributed by atoms with Crippen LogP contribution in [0.5, 0.6) is 0 Å². The summed E-state index contributed by atoms with van der Waals surface area (Å²) in [6, 6.07) is 9.09. The van der Waals surface area contributed by atoms with Gasteiger partial charge in [0.05, 0.1) is 5.54 Å². The van der Waals surface area contributed by atoms with Crippen LogP contribution >= 0.6 is 0 Å². The van der Waals surface area contributed by atoms with E-state index in [1.165, 1.54) is 0 Å². The first-order valence-corrected chi connectivity index (χ1v) is 4.07. The second-order valence-electron chi connectivity index (χ2n) is 3.28. The molecule has 1 N–H and O–H groups in total. The molecule has 2 rings (SSSR count). The average molecular weight is 160 g/mol. The Kier molecular flexibility index (Phi) is 1.51. The van der Waals surface area contributed by atoms with Crippen molar-refractivity contribution in [3.8, 4) is 0 Å². The molecular formula is C10H10NO. The quantitative estimate of drug-likeness (QED) is 0.607. The summed E-state index contributed by atoms with van der Waals surface area (Å²) in [4.78, 5) is 11.5. The van der Waals surface area contributed by atoms with Crippen LogP contribution in [0.1, 0.15) is 23.2 Å². The molecule has 12 heavy (non-hydrogen) atoms. The van der Waals surface area contributed by atoms with Crippen molar-refractivity contribution in [1.29, 1.82) is 0 Å². The summed E-state index contributed by atoms with van der Waals surface area (Å²) in [5.41, 5.74) is 7.53. The fraction of sp³-hybridized carbons (Fsp3) is 0.300. The Morgan fingerprint density at radius 3 is 2.33 bits per heavy atom. The van der Waals surface area contributed by atoms with E-state index < -0.39 is 5.54 Å². The Labute approximate surface area is 71.4 Å². The smallest absolute Gasteiger partial charge is 0.184 e. The maximum Gasteiger partial charge on any atom is 0.184 e. The number of rotatable bonds is 2. The molecule has 0 spiro atoms. The zero-order valence-electron chi connectivity index (χ0n) is 6.71. The highest BCUT2D eigenvalue weighted by Crippen LogP contribution is 2.37. The summed E-state index contributed by atoms with van der Waals surface area (Å²) < 4.78 is 0. The van der Waals surface area contributed by atoms with E-state index in [0.717, 1.165) is 12.8 Å². The summed E-state index contributed by atoms with van der Waals surface area (Å²) >= 11 is 0. The lowest BCUT2D eigenvalue weighted by atomic mass is 10.0. The molecule has 0 unspecified atom stereocenters. The maximum atomic E-state index is 11.5. The first-order valence-electron chi connectivity index (χ1n) is 4.07. The normalized spacial score (nSPS) is 18.8. The molecule has 0 amide bonds. The van der Waals surface area contributed by atoms with Gasteiger partial charge in [-0.1, -0.05) is 30.3 Å². The second-order valence-corrected chi connectivity index (χ2v) is 3.28. The van der Waals surface area contributed by atoms with Gasteiger partial charge in [0.15, 0.2) is 5.78 Å². The van der Waals surface area contributed by atoms with E-state index in [9.17, 15) is 4.79 Å². The van der Waals surface area contributed by atoms with E-state index in [1.54, 1.807) is 12.1 Å². The third-order valence-electron chi connectivity index (χ3n) is 2.22. The fourth-order valence-electron chi connectivity index (χ4n) is 1.22. The second kappa shape index (κ2) is 2.42. The Morgan fingerprint density at radius 2 is 1.83 bits per heavy atom. The van der Waals surface area contributed by atoms with Crippen molar-refractivity contribution < 1.29 is 4.79 Å². The van der Waals surface area contributed by atoms with Crippen molar-refractivity contribution in [3.05, 3.63) is 35.9 Å². The van der Waals surface area contributed by atoms with Gasteiger partial charge in [-0.3, -0.25) is 4.79 Å². The fourth-order valence-corrected chi connectivity index (χ4v) is 1.22. The number of ketones is 1. The van der Waals surface area contributed by atoms with E-state index in [-0.39, 0.29) is 5.78 Å². The van der Waals surface area contributed by atoms with Crippen molar-refractivity contribution in [2.24, 2.45) is 0 Å². The van der Waals surface area contributed by atoms with Gasteiger partial charge >= 0.3 is 0 Å². The van der Waals surface area contributed by atoms with Gasteiger partial charge in [0.25, 0.3) is 0 Å². The molecule has 0 saturated heterocycles. The molecule has 0 aromatic heterocycles. The molecule has 1 radical (unpaired) electrons. The highest BCUT2D eigenvalue weighted by atomic mass is 16.1. The third-order valence-corrected chi connectivity index (χ3v) is 2.22. The van der Waals surface area contributed by atoms with Crippen LogP contribution in [-0.2, 0) is 0 Å². The van der Waals surface area contributed by atoms with Crippen molar-refractivity contribution in [2.75, 3.05) is 0 Å². The first-order chi connectivity index (χ1) is 5.72. The SMILES string of the molecule is [NH]C1(C(=O)c2ccccc2)CC1. The molecule has 1 aliphatic carbocycles. The van der Waals surface area contributed by atoms with Crippen LogP contribution in [0, 0.1) is 0 Å². The van der Waals surface area contributed by atoms with Crippen LogP contribution in [0.2, 0.25) is 0 Å². The molecule has 1 fully saturated rings. The lowest BCUT2D eigenvalue weighted by molar-refractivity contribution is 0.0945. The minimum Gasteiger partial charge on any atom is -0.292 e. The molecule has 0 bridgehead atoms. The number of hydrogen-bond acceptors (Lipinski definition) is 1. The van der Waals surface area contributed by atoms with Crippen LogP contribution in [0.4, 0.5) is 0 Å². The van der Waals surface area contributed by atoms with Crippen LogP contribution in [-0.4, -0.2) is 11.3 Å². The number of nitrogens with one attached hydrogen (secondary N) is 1. The minimum absolute atomic E-state index is 0.0249. The van der Waals surface area contributed by atoms with Crippen LogP contribution in [0.25, 0.3) is 0 Å². The monoisotopic (exact) mass is 160 g/mol. The van der Waals surface area contributed by atoms with Gasteiger partial charge in [0.1, 0.15) is 0 Å². The Bertz CT molecular complexity index is 301. The highest BCUT2D eigenvalue weighted by molar-refractivity contribution is 6.04. The molecule has 1 aromatic rings.